The molecule has 0 spiro atoms. The number of carbonyl (C=O) groups excluding carboxylic acids is 2. The molecule has 0 bridgehead atoms. The van der Waals surface area contributed by atoms with Gasteiger partial charge < -0.3 is 24.8 Å². The lowest BCUT2D eigenvalue weighted by molar-refractivity contribution is -0.122. The number of aromatic nitrogens is 6. The molecule has 2 amide bonds. The van der Waals surface area contributed by atoms with Crippen molar-refractivity contribution in [1.29, 1.82) is 0 Å². The highest BCUT2D eigenvalue weighted by atomic mass is 35.5. The largest absolute Gasteiger partial charge is 0.497 e. The Morgan fingerprint density at radius 1 is 0.683 bits per heavy atom. The number of aryl methyl sites for hydroxylation is 2. The van der Waals surface area contributed by atoms with Gasteiger partial charge in [0.1, 0.15) is 35.2 Å². The van der Waals surface area contributed by atoms with E-state index in [1.54, 1.807) is 26.0 Å². The molecule has 63 heavy (non-hydrogen) atoms. The van der Waals surface area contributed by atoms with Crippen LogP contribution >= 0.6 is 23.4 Å². The summed E-state index contributed by atoms with van der Waals surface area (Å²) in [6.45, 7) is 7.37. The quantitative estimate of drug-likeness (QED) is 0.0782. The fourth-order valence-electron chi connectivity index (χ4n) is 7.73. The molecule has 0 saturated heterocycles. The van der Waals surface area contributed by atoms with Gasteiger partial charge in [-0.05, 0) is 81.4 Å². The molecule has 8 rings (SSSR count). The van der Waals surface area contributed by atoms with E-state index in [0.717, 1.165) is 44.2 Å². The van der Waals surface area contributed by atoms with Gasteiger partial charge in [0, 0.05) is 51.0 Å². The number of halogens is 1. The number of fused-ring (bicyclic) bond motifs is 6. The van der Waals surface area contributed by atoms with Gasteiger partial charge in [-0.2, -0.15) is 0 Å². The number of methoxy groups -OCH3 is 2. The minimum absolute atomic E-state index is 0.0630. The molecule has 0 aliphatic carbocycles. The van der Waals surface area contributed by atoms with Crippen LogP contribution in [-0.2, 0) is 14.3 Å². The summed E-state index contributed by atoms with van der Waals surface area (Å²) in [6, 6.07) is 26.1. The normalized spacial score (nSPS) is 15.1. The minimum atomic E-state index is -0.606. The van der Waals surface area contributed by atoms with Crippen LogP contribution in [0.25, 0.3) is 11.4 Å². The molecule has 15 nitrogen and oxygen atoms in total. The number of nitrogens with one attached hydrogen (secondary N) is 2. The van der Waals surface area contributed by atoms with E-state index in [1.807, 2.05) is 103 Å². The van der Waals surface area contributed by atoms with Crippen LogP contribution in [0, 0.1) is 13.8 Å². The minimum Gasteiger partial charge on any atom is -0.497 e. The van der Waals surface area contributed by atoms with Gasteiger partial charge >= 0.3 is 0 Å². The van der Waals surface area contributed by atoms with Gasteiger partial charge in [0.25, 0.3) is 0 Å². The van der Waals surface area contributed by atoms with Crippen molar-refractivity contribution in [3.8, 4) is 22.9 Å². The first-order valence-electron chi connectivity index (χ1n) is 20.6. The Morgan fingerprint density at radius 2 is 1.19 bits per heavy atom. The van der Waals surface area contributed by atoms with E-state index >= 15 is 0 Å². The third-order valence-corrected chi connectivity index (χ3v) is 11.9. The lowest BCUT2D eigenvalue weighted by atomic mass is 10.00. The fraction of sp³-hybridized carbons (Fsp3) is 0.304. The first kappa shape index (κ1) is 43.3. The van der Waals surface area contributed by atoms with Gasteiger partial charge in [-0.1, -0.05) is 35.9 Å². The number of aliphatic imine (C=N–C) groups is 2. The summed E-state index contributed by atoms with van der Waals surface area (Å²) in [5, 5.41) is 24.1. The van der Waals surface area contributed by atoms with Crippen LogP contribution in [0.3, 0.4) is 0 Å². The zero-order chi connectivity index (χ0) is 44.0. The van der Waals surface area contributed by atoms with Crippen molar-refractivity contribution < 1.29 is 23.8 Å². The maximum atomic E-state index is 13.4. The highest BCUT2D eigenvalue weighted by molar-refractivity contribution is 7.99. The van der Waals surface area contributed by atoms with Crippen molar-refractivity contribution in [3.05, 3.63) is 136 Å². The summed E-state index contributed by atoms with van der Waals surface area (Å²) in [6.07, 6.45) is 0.196. The van der Waals surface area contributed by atoms with Gasteiger partial charge in [-0.3, -0.25) is 28.7 Å². The Balaban J connectivity index is 0.884. The maximum Gasteiger partial charge on any atom is 0.222 e. The molecule has 2 atom stereocenters. The summed E-state index contributed by atoms with van der Waals surface area (Å²) in [4.78, 5) is 37.6. The summed E-state index contributed by atoms with van der Waals surface area (Å²) in [5.74, 6) is 4.36. The third-order valence-electron chi connectivity index (χ3n) is 10.7. The number of benzene rings is 4. The molecule has 2 aliphatic rings. The summed E-state index contributed by atoms with van der Waals surface area (Å²) >= 11 is 7.91. The Bertz CT molecular complexity index is 2700. The summed E-state index contributed by atoms with van der Waals surface area (Å²) in [5.41, 5.74) is 6.58. The smallest absolute Gasteiger partial charge is 0.222 e. The number of amides is 2. The number of rotatable bonds is 16. The number of nitrogens with zero attached hydrogens (tertiary/aromatic N) is 8. The highest BCUT2D eigenvalue weighted by Crippen LogP contribution is 2.36. The van der Waals surface area contributed by atoms with E-state index in [9.17, 15) is 9.59 Å². The van der Waals surface area contributed by atoms with Crippen LogP contribution in [0.4, 0.5) is 0 Å². The number of hydrogen-bond acceptors (Lipinski definition) is 12. The van der Waals surface area contributed by atoms with Crippen LogP contribution < -0.4 is 20.1 Å². The standard InChI is InChI=1S/C46H47ClN10O5S/c1-6-48-41(58)25-37-45-54-52-27(2)56(45)40-18-14-33(61-5)24-36(40)44(50-37)30-9-15-34(16-10-30)63-22-21-62-20-19-49-42(59)26-38-46-55-53-28(3)57(46)39-17-13-32(60-4)23-35(39)43(51-38)29-7-11-31(47)12-8-29/h7-18,23-24,37-38H,6,19-22,25-26H2,1-5H3,(H,48,58)(H,49,59)/t37-,38-/m0/s1. The van der Waals surface area contributed by atoms with E-state index in [0.29, 0.717) is 77.6 Å². The van der Waals surface area contributed by atoms with Gasteiger partial charge in [-0.15, -0.1) is 32.2 Å². The molecule has 0 fully saturated rings. The van der Waals surface area contributed by atoms with Crippen molar-refractivity contribution in [2.45, 2.75) is 50.6 Å². The number of thioether (sulfide) groups is 1. The Morgan fingerprint density at radius 3 is 1.70 bits per heavy atom. The molecule has 4 aromatic carbocycles. The highest BCUT2D eigenvalue weighted by Gasteiger charge is 2.32. The molecular formula is C46H47ClN10O5S. The van der Waals surface area contributed by atoms with Crippen LogP contribution in [-0.4, -0.2) is 99.0 Å². The van der Waals surface area contributed by atoms with E-state index in [-0.39, 0.29) is 24.7 Å². The predicted molar refractivity (Wildman–Crippen MR) is 242 cm³/mol. The van der Waals surface area contributed by atoms with E-state index < -0.39 is 12.1 Å². The van der Waals surface area contributed by atoms with Gasteiger partial charge in [-0.25, -0.2) is 0 Å². The number of hydrogen-bond donors (Lipinski definition) is 2. The SMILES string of the molecule is CCNC(=O)C[C@@H]1N=C(c2ccc(SCCOCCNC(=O)C[C@@H]3N=C(c4ccc(Cl)cc4)c4cc(OC)ccc4-n4c(C)nnc43)cc2)c2cc(OC)ccc2-n2c(C)nnc21. The van der Waals surface area contributed by atoms with E-state index in [4.69, 9.17) is 35.8 Å². The van der Waals surface area contributed by atoms with Crippen molar-refractivity contribution >= 4 is 46.6 Å². The lowest BCUT2D eigenvalue weighted by Crippen LogP contribution is -2.29. The zero-order valence-electron chi connectivity index (χ0n) is 35.6. The number of ether oxygens (including phenoxy) is 3. The molecule has 0 radical (unpaired) electrons. The van der Waals surface area contributed by atoms with Gasteiger partial charge in [0.2, 0.25) is 11.8 Å². The van der Waals surface area contributed by atoms with Crippen LogP contribution in [0.2, 0.25) is 5.02 Å². The van der Waals surface area contributed by atoms with Crippen LogP contribution in [0.15, 0.2) is 99.8 Å². The Labute approximate surface area is 374 Å². The average molecular weight is 887 g/mol. The van der Waals surface area contributed by atoms with Crippen molar-refractivity contribution in [2.75, 3.05) is 46.3 Å². The average Bonchev–Trinajstić information content (AvgIpc) is 3.80. The summed E-state index contributed by atoms with van der Waals surface area (Å²) < 4.78 is 21.0. The molecule has 2 aliphatic heterocycles. The Kier molecular flexibility index (Phi) is 13.3. The van der Waals surface area contributed by atoms with Crippen LogP contribution in [0.1, 0.15) is 77.4 Å². The molecule has 324 valence electrons. The van der Waals surface area contributed by atoms with Crippen LogP contribution in [0.5, 0.6) is 11.5 Å². The predicted octanol–water partition coefficient (Wildman–Crippen LogP) is 6.76. The molecule has 0 unspecified atom stereocenters. The monoisotopic (exact) mass is 886 g/mol. The molecule has 6 aromatic rings. The van der Waals surface area contributed by atoms with Crippen molar-refractivity contribution in [1.82, 2.24) is 40.2 Å². The molecular weight excluding hydrogens is 840 g/mol. The first-order chi connectivity index (χ1) is 30.6. The van der Waals surface area contributed by atoms with Gasteiger partial charge in [0.15, 0.2) is 11.6 Å². The summed E-state index contributed by atoms with van der Waals surface area (Å²) in [7, 11) is 3.26. The first-order valence-corrected chi connectivity index (χ1v) is 22.0. The van der Waals surface area contributed by atoms with Crippen molar-refractivity contribution in [3.63, 3.8) is 0 Å². The number of carbonyl (C=O) groups is 2. The molecule has 0 saturated carbocycles. The second-order valence-corrected chi connectivity index (χ2v) is 16.4. The molecule has 2 N–H and O–H groups in total. The molecule has 17 heteroatoms. The van der Waals surface area contributed by atoms with Crippen molar-refractivity contribution in [2.24, 2.45) is 9.98 Å². The molecule has 4 heterocycles. The Hall–Kier alpha value is -6.36. The third kappa shape index (κ3) is 9.38. The fourth-order valence-corrected chi connectivity index (χ4v) is 8.62. The second kappa shape index (κ2) is 19.4. The van der Waals surface area contributed by atoms with E-state index in [1.165, 1.54) is 0 Å². The lowest BCUT2D eigenvalue weighted by Gasteiger charge is -2.14. The maximum absolute atomic E-state index is 13.4. The molecule has 2 aromatic heterocycles. The second-order valence-electron chi connectivity index (χ2n) is 14.8. The topological polar surface area (TPSA) is 172 Å². The van der Waals surface area contributed by atoms with E-state index in [2.05, 4.69) is 43.2 Å². The van der Waals surface area contributed by atoms with Gasteiger partial charge in [0.05, 0.1) is 63.1 Å². The zero-order valence-corrected chi connectivity index (χ0v) is 37.2.